The Kier molecular flexibility index (Phi) is 4.26. The van der Waals surface area contributed by atoms with Gasteiger partial charge in [-0.1, -0.05) is 11.1 Å². The number of hydrogen-bond acceptors (Lipinski definition) is 1. The van der Waals surface area contributed by atoms with Gasteiger partial charge in [0.25, 0.3) is 0 Å². The Morgan fingerprint density at radius 1 is 1.06 bits per heavy atom. The van der Waals surface area contributed by atoms with E-state index in [-0.39, 0.29) is 0 Å². The lowest BCUT2D eigenvalue weighted by molar-refractivity contribution is 0.500. The zero-order valence-electron chi connectivity index (χ0n) is 9.24. The van der Waals surface area contributed by atoms with Crippen LogP contribution in [0.5, 0.6) is 0 Å². The van der Waals surface area contributed by atoms with Gasteiger partial charge in [-0.15, -0.1) is 5.46 Å². The normalized spacial score (nSPS) is 12.0. The van der Waals surface area contributed by atoms with Gasteiger partial charge in [0, 0.05) is 9.32 Å². The van der Waals surface area contributed by atoms with Crippen molar-refractivity contribution in [1.82, 2.24) is 0 Å². The summed E-state index contributed by atoms with van der Waals surface area (Å²) in [6.07, 6.45) is 0. The summed E-state index contributed by atoms with van der Waals surface area (Å²) in [5.41, 5.74) is 1.84. The number of hydrogen-bond donors (Lipinski definition) is 1. The minimum Gasteiger partial charge on any atom is -0.445 e. The second-order valence-corrected chi connectivity index (χ2v) is 5.21. The van der Waals surface area contributed by atoms with E-state index in [4.69, 9.17) is 0 Å². The van der Waals surface area contributed by atoms with E-state index in [0.29, 0.717) is 26.0 Å². The summed E-state index contributed by atoms with van der Waals surface area (Å²) < 4.78 is 39.6. The number of rotatable bonds is 2. The number of thiol groups is 1. The van der Waals surface area contributed by atoms with Crippen molar-refractivity contribution in [2.24, 2.45) is 0 Å². The van der Waals surface area contributed by atoms with Gasteiger partial charge < -0.3 is 12.9 Å². The summed E-state index contributed by atoms with van der Waals surface area (Å²) in [4.78, 5) is 0. The third kappa shape index (κ3) is 2.37. The van der Waals surface area contributed by atoms with Gasteiger partial charge in [0.2, 0.25) is 0 Å². The Morgan fingerprint density at radius 3 is 1.94 bits per heavy atom. The molecule has 0 atom stereocenters. The molecule has 0 heterocycles. The summed E-state index contributed by atoms with van der Waals surface area (Å²) in [6.45, 7) is -0.0361. The highest BCUT2D eigenvalue weighted by molar-refractivity contribution is 14.1. The predicted molar refractivity (Wildman–Crippen MR) is 74.8 cm³/mol. The Labute approximate surface area is 113 Å². The maximum Gasteiger partial charge on any atom is 0.510 e. The van der Waals surface area contributed by atoms with Crippen molar-refractivity contribution in [3.63, 3.8) is 0 Å². The first-order valence-corrected chi connectivity index (χ1v) is 6.51. The van der Waals surface area contributed by atoms with E-state index >= 15 is 0 Å². The fraction of sp³-hybridized carbons (Fsp3) is 0.400. The Morgan fingerprint density at radius 2 is 1.56 bits per heavy atom. The van der Waals surface area contributed by atoms with E-state index in [2.05, 4.69) is 12.6 Å². The molecule has 0 unspecified atom stereocenters. The molecule has 16 heavy (non-hydrogen) atoms. The monoisotopic (exact) mass is 359 g/mol. The van der Waals surface area contributed by atoms with E-state index in [1.807, 2.05) is 29.5 Å². The molecule has 0 aromatic heterocycles. The lowest BCUT2D eigenvalue weighted by atomic mass is 9.72. The highest BCUT2D eigenvalue weighted by atomic mass is 127. The molecule has 90 valence electrons. The van der Waals surface area contributed by atoms with Gasteiger partial charge in [0.15, 0.2) is 0 Å². The standard InChI is InChI=1S/C10H12BF3IS/c1-5-8(4-16)6(2)10(15)7(3)9(5)11(12,13)14/h16H,4H2,1-3H3/q-1. The molecule has 0 saturated heterocycles. The van der Waals surface area contributed by atoms with Crippen LogP contribution in [0.25, 0.3) is 0 Å². The molecule has 0 N–H and O–H groups in total. The van der Waals surface area contributed by atoms with Gasteiger partial charge in [-0.25, -0.2) is 0 Å². The predicted octanol–water partition coefficient (Wildman–Crippen LogP) is 3.70. The van der Waals surface area contributed by atoms with Crippen LogP contribution in [0.2, 0.25) is 0 Å². The highest BCUT2D eigenvalue weighted by Gasteiger charge is 2.31. The Hall–Kier alpha value is 0.155. The zero-order valence-corrected chi connectivity index (χ0v) is 12.3. The third-order valence-corrected chi connectivity index (χ3v) is 4.79. The second kappa shape index (κ2) is 4.80. The Bertz CT molecular complexity index is 429. The minimum atomic E-state index is -4.95. The molecular formula is C10H12BF3IS-. The van der Waals surface area contributed by atoms with Crippen LogP contribution in [0, 0.1) is 24.3 Å². The van der Waals surface area contributed by atoms with E-state index in [0.717, 1.165) is 5.56 Å². The lowest BCUT2D eigenvalue weighted by Gasteiger charge is -2.26. The van der Waals surface area contributed by atoms with E-state index in [9.17, 15) is 12.9 Å². The molecule has 0 amide bonds. The van der Waals surface area contributed by atoms with E-state index in [1.54, 1.807) is 0 Å². The van der Waals surface area contributed by atoms with Gasteiger partial charge in [-0.2, -0.15) is 12.6 Å². The molecular weight excluding hydrogens is 347 g/mol. The molecule has 1 aromatic rings. The van der Waals surface area contributed by atoms with Crippen molar-refractivity contribution in [2.45, 2.75) is 26.5 Å². The van der Waals surface area contributed by atoms with Gasteiger partial charge in [-0.05, 0) is 54.5 Å². The van der Waals surface area contributed by atoms with Gasteiger partial charge >= 0.3 is 6.98 Å². The summed E-state index contributed by atoms with van der Waals surface area (Å²) >= 11 is 6.09. The van der Waals surface area contributed by atoms with Crippen LogP contribution >= 0.6 is 35.2 Å². The van der Waals surface area contributed by atoms with E-state index < -0.39 is 12.4 Å². The quantitative estimate of drug-likeness (QED) is 0.465. The first-order chi connectivity index (χ1) is 7.21. The van der Waals surface area contributed by atoms with Crippen LogP contribution in [-0.4, -0.2) is 6.98 Å². The van der Waals surface area contributed by atoms with Crippen LogP contribution in [-0.2, 0) is 5.75 Å². The molecule has 0 aliphatic heterocycles. The summed E-state index contributed by atoms with van der Waals surface area (Å²) in [7, 11) is 0. The van der Waals surface area contributed by atoms with Gasteiger partial charge in [0.1, 0.15) is 0 Å². The lowest BCUT2D eigenvalue weighted by Crippen LogP contribution is -2.40. The van der Waals surface area contributed by atoms with Crippen LogP contribution in [0.3, 0.4) is 0 Å². The minimum absolute atomic E-state index is 0.331. The highest BCUT2D eigenvalue weighted by Crippen LogP contribution is 2.27. The summed E-state index contributed by atoms with van der Waals surface area (Å²) in [6, 6.07) is 0. The smallest absolute Gasteiger partial charge is 0.445 e. The SMILES string of the molecule is Cc1c(I)c(C)c([B-](F)(F)F)c(C)c1CS. The van der Waals surface area contributed by atoms with Gasteiger partial charge in [0.05, 0.1) is 0 Å². The second-order valence-electron chi connectivity index (χ2n) is 3.81. The van der Waals surface area contributed by atoms with Crippen molar-refractivity contribution in [3.8, 4) is 0 Å². The van der Waals surface area contributed by atoms with Crippen LogP contribution in [0.1, 0.15) is 22.3 Å². The van der Waals surface area contributed by atoms with Crippen LogP contribution in [0.15, 0.2) is 0 Å². The van der Waals surface area contributed by atoms with Crippen LogP contribution < -0.4 is 5.46 Å². The molecule has 0 spiro atoms. The molecule has 0 nitrogen and oxygen atoms in total. The molecule has 0 saturated carbocycles. The largest absolute Gasteiger partial charge is 0.510 e. The molecule has 0 aliphatic rings. The fourth-order valence-electron chi connectivity index (χ4n) is 1.99. The van der Waals surface area contributed by atoms with Gasteiger partial charge in [-0.3, -0.25) is 0 Å². The maximum absolute atomic E-state index is 13.0. The van der Waals surface area contributed by atoms with Crippen molar-refractivity contribution in [2.75, 3.05) is 0 Å². The number of benzene rings is 1. The number of halogens is 4. The van der Waals surface area contributed by atoms with Crippen molar-refractivity contribution in [1.29, 1.82) is 0 Å². The van der Waals surface area contributed by atoms with Crippen molar-refractivity contribution < 1.29 is 12.9 Å². The topological polar surface area (TPSA) is 0 Å². The molecule has 1 aromatic carbocycles. The maximum atomic E-state index is 13.0. The third-order valence-electron chi connectivity index (χ3n) is 2.86. The molecule has 0 aliphatic carbocycles. The average molecular weight is 359 g/mol. The first kappa shape index (κ1) is 14.2. The summed E-state index contributed by atoms with van der Waals surface area (Å²) in [5, 5.41) is 0. The molecule has 0 fully saturated rings. The van der Waals surface area contributed by atoms with E-state index in [1.165, 1.54) is 13.8 Å². The zero-order chi connectivity index (χ0) is 12.7. The average Bonchev–Trinajstić information content (AvgIpc) is 2.13. The van der Waals surface area contributed by atoms with Crippen molar-refractivity contribution in [3.05, 3.63) is 25.8 Å². The summed E-state index contributed by atoms with van der Waals surface area (Å²) in [5.74, 6) is 0.340. The first-order valence-electron chi connectivity index (χ1n) is 4.80. The van der Waals surface area contributed by atoms with Crippen molar-refractivity contribution >= 4 is 47.7 Å². The van der Waals surface area contributed by atoms with Crippen LogP contribution in [0.4, 0.5) is 12.9 Å². The Balaban J connectivity index is 3.69. The molecule has 0 radical (unpaired) electrons. The molecule has 6 heteroatoms. The molecule has 0 bridgehead atoms. The molecule has 1 rings (SSSR count). The fourth-order valence-corrected chi connectivity index (χ4v) is 3.08.